The second kappa shape index (κ2) is 13.8. The van der Waals surface area contributed by atoms with E-state index < -0.39 is 0 Å². The standard InChI is InChI=1S/C45H32N4O6/c1-24(50)46-34-19-21-36(40-38(34)42(52)30-7-3-5-9-32(30)44(40)54)48-28-15-11-26(12-16-28)23-27-13-17-29(18-14-27)49-37-22-20-35(47-25(2)51)39-41(37)45(55)33-10-6-4-8-31(33)43(39)53/h3-22,48-49H,23H2,1-2H3,(H,46,50)(H,47,51). The summed E-state index contributed by atoms with van der Waals surface area (Å²) in [6, 6.07) is 35.4. The quantitative estimate of drug-likeness (QED) is 0.122. The summed E-state index contributed by atoms with van der Waals surface area (Å²) in [5.41, 5.74) is 6.89. The number of ketones is 4. The van der Waals surface area contributed by atoms with Gasteiger partial charge in [0.25, 0.3) is 0 Å². The maximum absolute atomic E-state index is 13.7. The Balaban J connectivity index is 1.00. The number of hydrogen-bond donors (Lipinski definition) is 4. The Labute approximate surface area is 315 Å². The Kier molecular flexibility index (Phi) is 8.70. The Morgan fingerprint density at radius 2 is 0.691 bits per heavy atom. The lowest BCUT2D eigenvalue weighted by molar-refractivity contribution is -0.115. The van der Waals surface area contributed by atoms with Crippen LogP contribution in [0.15, 0.2) is 121 Å². The average molecular weight is 725 g/mol. The minimum absolute atomic E-state index is 0.158. The average Bonchev–Trinajstić information content (AvgIpc) is 3.18. The van der Waals surface area contributed by atoms with Crippen molar-refractivity contribution in [1.29, 1.82) is 0 Å². The fraction of sp³-hybridized carbons (Fsp3) is 0.0667. The third kappa shape index (κ3) is 6.35. The molecule has 0 aliphatic heterocycles. The van der Waals surface area contributed by atoms with Gasteiger partial charge in [0.1, 0.15) is 0 Å². The Morgan fingerprint density at radius 3 is 1.00 bits per heavy atom. The van der Waals surface area contributed by atoms with Gasteiger partial charge in [-0.25, -0.2) is 0 Å². The van der Waals surface area contributed by atoms with Crippen LogP contribution in [0.25, 0.3) is 0 Å². The van der Waals surface area contributed by atoms with E-state index in [1.54, 1.807) is 72.8 Å². The molecule has 268 valence electrons. The van der Waals surface area contributed by atoms with E-state index in [0.717, 1.165) is 11.1 Å². The maximum atomic E-state index is 13.7. The van der Waals surface area contributed by atoms with Crippen LogP contribution in [0.4, 0.5) is 34.1 Å². The first-order valence-electron chi connectivity index (χ1n) is 17.6. The molecule has 2 amide bonds. The van der Waals surface area contributed by atoms with Crippen LogP contribution >= 0.6 is 0 Å². The molecule has 4 N–H and O–H groups in total. The summed E-state index contributed by atoms with van der Waals surface area (Å²) in [4.78, 5) is 78.5. The summed E-state index contributed by atoms with van der Waals surface area (Å²) in [6.45, 7) is 2.70. The molecule has 6 aromatic carbocycles. The molecule has 0 unspecified atom stereocenters. The van der Waals surface area contributed by atoms with Crippen LogP contribution in [0.1, 0.15) is 88.7 Å². The van der Waals surface area contributed by atoms with Gasteiger partial charge in [0.2, 0.25) is 11.8 Å². The van der Waals surface area contributed by atoms with Gasteiger partial charge in [-0.05, 0) is 66.1 Å². The van der Waals surface area contributed by atoms with Crippen molar-refractivity contribution < 1.29 is 28.8 Å². The van der Waals surface area contributed by atoms with E-state index in [1.807, 2.05) is 48.5 Å². The summed E-state index contributed by atoms with van der Waals surface area (Å²) in [5, 5.41) is 12.0. The highest BCUT2D eigenvalue weighted by Crippen LogP contribution is 2.39. The first kappa shape index (κ1) is 34.6. The number of carbonyl (C=O) groups is 6. The zero-order valence-electron chi connectivity index (χ0n) is 29.7. The Bertz CT molecular complexity index is 2460. The first-order chi connectivity index (χ1) is 26.6. The summed E-state index contributed by atoms with van der Waals surface area (Å²) < 4.78 is 0. The zero-order chi connectivity index (χ0) is 38.4. The van der Waals surface area contributed by atoms with Crippen LogP contribution in [0.3, 0.4) is 0 Å². The monoisotopic (exact) mass is 724 g/mol. The van der Waals surface area contributed by atoms with Crippen LogP contribution in [0, 0.1) is 0 Å². The van der Waals surface area contributed by atoms with Crippen LogP contribution in [0.2, 0.25) is 0 Å². The second-order valence-corrected chi connectivity index (χ2v) is 13.4. The van der Waals surface area contributed by atoms with Crippen molar-refractivity contribution in [2.45, 2.75) is 20.3 Å². The summed E-state index contributed by atoms with van der Waals surface area (Å²) in [5.74, 6) is -1.97. The van der Waals surface area contributed by atoms with E-state index in [9.17, 15) is 28.8 Å². The molecular weight excluding hydrogens is 693 g/mol. The molecule has 6 aromatic rings. The van der Waals surface area contributed by atoms with Gasteiger partial charge >= 0.3 is 0 Å². The molecule has 0 spiro atoms. The molecule has 0 fully saturated rings. The van der Waals surface area contributed by atoms with E-state index in [-0.39, 0.29) is 68.6 Å². The molecule has 0 heterocycles. The Morgan fingerprint density at radius 1 is 0.400 bits per heavy atom. The van der Waals surface area contributed by atoms with Crippen LogP contribution in [0.5, 0.6) is 0 Å². The molecule has 0 bridgehead atoms. The molecular formula is C45H32N4O6. The van der Waals surface area contributed by atoms with Gasteiger partial charge in [-0.1, -0.05) is 72.8 Å². The molecule has 10 nitrogen and oxygen atoms in total. The van der Waals surface area contributed by atoms with E-state index in [1.165, 1.54) is 13.8 Å². The minimum Gasteiger partial charge on any atom is -0.355 e. The third-order valence-corrected chi connectivity index (χ3v) is 9.65. The van der Waals surface area contributed by atoms with Gasteiger partial charge in [0, 0.05) is 47.5 Å². The van der Waals surface area contributed by atoms with Crippen LogP contribution in [-0.2, 0) is 16.0 Å². The van der Waals surface area contributed by atoms with Crippen molar-refractivity contribution in [2.75, 3.05) is 21.3 Å². The van der Waals surface area contributed by atoms with Gasteiger partial charge < -0.3 is 21.3 Å². The lowest BCUT2D eigenvalue weighted by atomic mass is 9.82. The Hall–Kier alpha value is -7.46. The highest BCUT2D eigenvalue weighted by molar-refractivity contribution is 6.33. The van der Waals surface area contributed by atoms with Gasteiger partial charge in [-0.2, -0.15) is 0 Å². The topological polar surface area (TPSA) is 151 Å². The zero-order valence-corrected chi connectivity index (χ0v) is 29.7. The van der Waals surface area contributed by atoms with E-state index in [0.29, 0.717) is 51.4 Å². The predicted molar refractivity (Wildman–Crippen MR) is 210 cm³/mol. The number of rotatable bonds is 8. The van der Waals surface area contributed by atoms with Crippen molar-refractivity contribution in [1.82, 2.24) is 0 Å². The molecule has 55 heavy (non-hydrogen) atoms. The fourth-order valence-corrected chi connectivity index (χ4v) is 7.20. The van der Waals surface area contributed by atoms with Crippen LogP contribution in [-0.4, -0.2) is 34.9 Å². The SMILES string of the molecule is CC(=O)Nc1ccc(Nc2ccc(Cc3ccc(Nc4ccc(NC(C)=O)c5c4C(=O)c4ccccc4C5=O)cc3)cc2)c2c1C(=O)c1ccccc1C2=O. The number of carbonyl (C=O) groups excluding carboxylic acids is 6. The van der Waals surface area contributed by atoms with Crippen molar-refractivity contribution in [3.63, 3.8) is 0 Å². The molecule has 0 aromatic heterocycles. The van der Waals surface area contributed by atoms with Gasteiger partial charge in [-0.15, -0.1) is 0 Å². The number of nitrogens with one attached hydrogen (secondary N) is 4. The summed E-state index contributed by atoms with van der Waals surface area (Å²) in [7, 11) is 0. The highest BCUT2D eigenvalue weighted by Gasteiger charge is 2.35. The van der Waals surface area contributed by atoms with E-state index >= 15 is 0 Å². The summed E-state index contributed by atoms with van der Waals surface area (Å²) >= 11 is 0. The summed E-state index contributed by atoms with van der Waals surface area (Å²) in [6.07, 6.45) is 0.621. The van der Waals surface area contributed by atoms with Crippen molar-refractivity contribution >= 4 is 69.1 Å². The van der Waals surface area contributed by atoms with E-state index in [2.05, 4.69) is 21.3 Å². The minimum atomic E-state index is -0.350. The fourth-order valence-electron chi connectivity index (χ4n) is 7.20. The molecule has 2 aliphatic carbocycles. The highest BCUT2D eigenvalue weighted by atomic mass is 16.2. The third-order valence-electron chi connectivity index (χ3n) is 9.65. The lowest BCUT2D eigenvalue weighted by Gasteiger charge is -2.23. The number of benzene rings is 6. The number of hydrogen-bond acceptors (Lipinski definition) is 8. The largest absolute Gasteiger partial charge is 0.355 e. The van der Waals surface area contributed by atoms with Crippen LogP contribution < -0.4 is 21.3 Å². The van der Waals surface area contributed by atoms with Gasteiger partial charge in [0.05, 0.1) is 45.0 Å². The van der Waals surface area contributed by atoms with E-state index in [4.69, 9.17) is 0 Å². The number of fused-ring (bicyclic) bond motifs is 4. The van der Waals surface area contributed by atoms with Crippen molar-refractivity contribution in [3.8, 4) is 0 Å². The first-order valence-corrected chi connectivity index (χ1v) is 17.6. The maximum Gasteiger partial charge on any atom is 0.221 e. The lowest BCUT2D eigenvalue weighted by Crippen LogP contribution is -2.24. The molecule has 2 aliphatic rings. The van der Waals surface area contributed by atoms with Crippen molar-refractivity contribution in [2.24, 2.45) is 0 Å². The molecule has 10 heteroatoms. The second-order valence-electron chi connectivity index (χ2n) is 13.4. The molecule has 0 saturated carbocycles. The molecule has 8 rings (SSSR count). The number of amides is 2. The predicted octanol–water partition coefficient (Wildman–Crippen LogP) is 8.23. The van der Waals surface area contributed by atoms with Gasteiger partial charge in [0.15, 0.2) is 23.1 Å². The molecule has 0 radical (unpaired) electrons. The number of anilines is 6. The molecule has 0 atom stereocenters. The van der Waals surface area contributed by atoms with Crippen molar-refractivity contribution in [3.05, 3.63) is 177 Å². The molecule has 0 saturated heterocycles. The smallest absolute Gasteiger partial charge is 0.221 e. The van der Waals surface area contributed by atoms with Gasteiger partial charge in [-0.3, -0.25) is 28.8 Å². The normalized spacial score (nSPS) is 12.5.